The maximum absolute atomic E-state index is 12.0. The molecule has 0 radical (unpaired) electrons. The molecule has 23 heavy (non-hydrogen) atoms. The molecule has 1 aliphatic rings. The Labute approximate surface area is 144 Å². The zero-order valence-electron chi connectivity index (χ0n) is 12.6. The third kappa shape index (κ3) is 4.72. The quantitative estimate of drug-likeness (QED) is 0.826. The third-order valence-electron chi connectivity index (χ3n) is 3.78. The van der Waals surface area contributed by atoms with E-state index in [0.717, 1.165) is 18.4 Å². The predicted molar refractivity (Wildman–Crippen MR) is 90.5 cm³/mol. The van der Waals surface area contributed by atoms with E-state index in [1.54, 1.807) is 12.1 Å². The number of hydrogen-bond acceptors (Lipinski definition) is 5. The molecule has 1 aromatic heterocycles. The summed E-state index contributed by atoms with van der Waals surface area (Å²) in [6.07, 6.45) is 5.83. The minimum atomic E-state index is 0.0180. The second kappa shape index (κ2) is 7.84. The Balaban J connectivity index is 1.52. The van der Waals surface area contributed by atoms with Gasteiger partial charge in [0.25, 0.3) is 5.22 Å². The lowest BCUT2D eigenvalue weighted by atomic mass is 9.95. The van der Waals surface area contributed by atoms with E-state index in [-0.39, 0.29) is 11.7 Å². The van der Waals surface area contributed by atoms with Crippen LogP contribution in [-0.2, 0) is 4.79 Å². The number of nitrogens with zero attached hydrogens (tertiary/aromatic N) is 2. The minimum absolute atomic E-state index is 0.0180. The summed E-state index contributed by atoms with van der Waals surface area (Å²) >= 11 is 7.20. The smallest absolute Gasteiger partial charge is 0.277 e. The van der Waals surface area contributed by atoms with Gasteiger partial charge in [0.1, 0.15) is 0 Å². The Kier molecular flexibility index (Phi) is 5.56. The van der Waals surface area contributed by atoms with E-state index in [9.17, 15) is 4.79 Å². The van der Waals surface area contributed by atoms with Crippen LogP contribution in [0.5, 0.6) is 0 Å². The van der Waals surface area contributed by atoms with Crippen LogP contribution in [0.3, 0.4) is 0 Å². The maximum atomic E-state index is 12.0. The second-order valence-electron chi connectivity index (χ2n) is 5.57. The molecule has 1 aliphatic carbocycles. The van der Waals surface area contributed by atoms with Gasteiger partial charge < -0.3 is 9.73 Å². The number of carbonyl (C=O) groups excluding carboxylic acids is 1. The van der Waals surface area contributed by atoms with Crippen molar-refractivity contribution in [1.82, 2.24) is 15.5 Å². The van der Waals surface area contributed by atoms with Crippen LogP contribution in [-0.4, -0.2) is 27.9 Å². The number of halogens is 1. The molecule has 5 nitrogen and oxygen atoms in total. The molecule has 122 valence electrons. The van der Waals surface area contributed by atoms with Crippen LogP contribution in [0, 0.1) is 0 Å². The summed E-state index contributed by atoms with van der Waals surface area (Å²) in [4.78, 5) is 12.0. The van der Waals surface area contributed by atoms with Gasteiger partial charge in [0, 0.05) is 16.6 Å². The molecule has 1 amide bonds. The van der Waals surface area contributed by atoms with Crippen molar-refractivity contribution >= 4 is 29.3 Å². The number of hydrogen-bond donors (Lipinski definition) is 1. The second-order valence-corrected chi connectivity index (χ2v) is 6.94. The number of carbonyl (C=O) groups is 1. The fourth-order valence-corrected chi connectivity index (χ4v) is 3.41. The van der Waals surface area contributed by atoms with Gasteiger partial charge in [-0.3, -0.25) is 4.79 Å². The number of amides is 1. The van der Waals surface area contributed by atoms with Crippen LogP contribution in [0.2, 0.25) is 5.02 Å². The Bertz CT molecular complexity index is 671. The Morgan fingerprint density at radius 2 is 2.13 bits per heavy atom. The largest absolute Gasteiger partial charge is 0.411 e. The molecular weight excluding hydrogens is 334 g/mol. The van der Waals surface area contributed by atoms with Crippen molar-refractivity contribution in [2.24, 2.45) is 0 Å². The predicted octanol–water partition coefficient (Wildman–Crippen LogP) is 3.93. The monoisotopic (exact) mass is 351 g/mol. The molecule has 7 heteroatoms. The lowest BCUT2D eigenvalue weighted by Gasteiger charge is -2.22. The highest BCUT2D eigenvalue weighted by molar-refractivity contribution is 7.99. The van der Waals surface area contributed by atoms with Crippen LogP contribution in [0.1, 0.15) is 32.1 Å². The Hall–Kier alpha value is -1.53. The molecule has 0 unspecified atom stereocenters. The number of aromatic nitrogens is 2. The van der Waals surface area contributed by atoms with E-state index in [0.29, 0.717) is 22.2 Å². The van der Waals surface area contributed by atoms with E-state index in [4.69, 9.17) is 16.0 Å². The standard InChI is InChI=1S/C16H18ClN3O2S/c17-12-6-4-5-11(9-12)15-19-20-16(22-15)23-10-14(21)18-13-7-2-1-3-8-13/h4-6,9,13H,1-3,7-8,10H2,(H,18,21). The van der Waals surface area contributed by atoms with Gasteiger partial charge in [0.05, 0.1) is 5.75 Å². The minimum Gasteiger partial charge on any atom is -0.411 e. The van der Waals surface area contributed by atoms with Gasteiger partial charge in [-0.25, -0.2) is 0 Å². The summed E-state index contributed by atoms with van der Waals surface area (Å²) in [5, 5.41) is 12.0. The zero-order chi connectivity index (χ0) is 16.1. The first-order valence-corrected chi connectivity index (χ1v) is 9.09. The van der Waals surface area contributed by atoms with Gasteiger partial charge in [0.2, 0.25) is 11.8 Å². The first-order valence-electron chi connectivity index (χ1n) is 7.72. The molecular formula is C16H18ClN3O2S. The summed E-state index contributed by atoms with van der Waals surface area (Å²) in [7, 11) is 0. The summed E-state index contributed by atoms with van der Waals surface area (Å²) in [6.45, 7) is 0. The molecule has 0 bridgehead atoms. The van der Waals surface area contributed by atoms with Gasteiger partial charge in [-0.2, -0.15) is 0 Å². The highest BCUT2D eigenvalue weighted by atomic mass is 35.5. The zero-order valence-corrected chi connectivity index (χ0v) is 14.2. The molecule has 1 N–H and O–H groups in total. The van der Waals surface area contributed by atoms with E-state index >= 15 is 0 Å². The molecule has 0 atom stereocenters. The van der Waals surface area contributed by atoms with Gasteiger partial charge in [-0.15, -0.1) is 10.2 Å². The normalized spacial score (nSPS) is 15.5. The highest BCUT2D eigenvalue weighted by Gasteiger charge is 2.17. The van der Waals surface area contributed by atoms with Gasteiger partial charge in [-0.1, -0.05) is 48.7 Å². The first kappa shape index (κ1) is 16.3. The van der Waals surface area contributed by atoms with E-state index in [1.165, 1.54) is 31.0 Å². The Morgan fingerprint density at radius 3 is 2.91 bits per heavy atom. The summed E-state index contributed by atoms with van der Waals surface area (Å²) in [5.74, 6) is 0.709. The molecule has 1 aromatic carbocycles. The van der Waals surface area contributed by atoms with Crippen molar-refractivity contribution in [2.75, 3.05) is 5.75 Å². The maximum Gasteiger partial charge on any atom is 0.277 e. The molecule has 1 saturated carbocycles. The van der Waals surface area contributed by atoms with E-state index in [1.807, 2.05) is 12.1 Å². The van der Waals surface area contributed by atoms with Gasteiger partial charge >= 0.3 is 0 Å². The molecule has 1 fully saturated rings. The van der Waals surface area contributed by atoms with Crippen molar-refractivity contribution in [3.8, 4) is 11.5 Å². The fourth-order valence-electron chi connectivity index (χ4n) is 2.65. The lowest BCUT2D eigenvalue weighted by Crippen LogP contribution is -2.37. The van der Waals surface area contributed by atoms with Crippen LogP contribution in [0.4, 0.5) is 0 Å². The van der Waals surface area contributed by atoms with Crippen LogP contribution < -0.4 is 5.32 Å². The van der Waals surface area contributed by atoms with Crippen molar-refractivity contribution in [2.45, 2.75) is 43.4 Å². The van der Waals surface area contributed by atoms with Gasteiger partial charge in [0.15, 0.2) is 0 Å². The summed E-state index contributed by atoms with van der Waals surface area (Å²) in [6, 6.07) is 7.55. The fraction of sp³-hybridized carbons (Fsp3) is 0.438. The van der Waals surface area contributed by atoms with Crippen LogP contribution in [0.25, 0.3) is 11.5 Å². The molecule has 0 spiro atoms. The average molecular weight is 352 g/mol. The number of thioether (sulfide) groups is 1. The highest BCUT2D eigenvalue weighted by Crippen LogP contribution is 2.25. The van der Waals surface area contributed by atoms with Crippen molar-refractivity contribution < 1.29 is 9.21 Å². The van der Waals surface area contributed by atoms with Crippen molar-refractivity contribution in [1.29, 1.82) is 0 Å². The third-order valence-corrected chi connectivity index (χ3v) is 4.83. The summed E-state index contributed by atoms with van der Waals surface area (Å²) in [5.41, 5.74) is 0.767. The van der Waals surface area contributed by atoms with Gasteiger partial charge in [-0.05, 0) is 31.0 Å². The molecule has 3 rings (SSSR count). The van der Waals surface area contributed by atoms with Crippen molar-refractivity contribution in [3.63, 3.8) is 0 Å². The molecule has 1 heterocycles. The lowest BCUT2D eigenvalue weighted by molar-refractivity contribution is -0.119. The van der Waals surface area contributed by atoms with E-state index < -0.39 is 0 Å². The SMILES string of the molecule is O=C(CSc1nnc(-c2cccc(Cl)c2)o1)NC1CCCCC1. The molecule has 2 aromatic rings. The Morgan fingerprint density at radius 1 is 1.30 bits per heavy atom. The van der Waals surface area contributed by atoms with Crippen LogP contribution >= 0.6 is 23.4 Å². The molecule has 0 saturated heterocycles. The average Bonchev–Trinajstić information content (AvgIpc) is 3.03. The number of rotatable bonds is 5. The van der Waals surface area contributed by atoms with Crippen molar-refractivity contribution in [3.05, 3.63) is 29.3 Å². The first-order chi connectivity index (χ1) is 11.2. The number of benzene rings is 1. The number of nitrogens with one attached hydrogen (secondary N) is 1. The molecule has 0 aliphatic heterocycles. The topological polar surface area (TPSA) is 68.0 Å². The summed E-state index contributed by atoms with van der Waals surface area (Å²) < 4.78 is 5.57. The van der Waals surface area contributed by atoms with E-state index in [2.05, 4.69) is 15.5 Å². The van der Waals surface area contributed by atoms with Crippen LogP contribution in [0.15, 0.2) is 33.9 Å².